The normalized spacial score (nSPS) is 21.5. The molecule has 0 atom stereocenters. The number of amides is 3. The molecule has 0 bridgehead atoms. The molecule has 2 N–H and O–H groups in total. The van der Waals surface area contributed by atoms with E-state index in [0.717, 1.165) is 18.5 Å². The first-order valence-electron chi connectivity index (χ1n) is 8.58. The number of hydrogen-bond acceptors (Lipinski definition) is 5. The second-order valence-electron chi connectivity index (χ2n) is 6.92. The highest BCUT2D eigenvalue weighted by atomic mass is 16.5. The van der Waals surface area contributed by atoms with Crippen molar-refractivity contribution in [1.29, 1.82) is 0 Å². The van der Waals surface area contributed by atoms with E-state index in [-0.39, 0.29) is 24.5 Å². The molecule has 3 fully saturated rings. The van der Waals surface area contributed by atoms with Crippen molar-refractivity contribution in [3.63, 3.8) is 0 Å². The Kier molecular flexibility index (Phi) is 3.13. The van der Waals surface area contributed by atoms with Crippen LogP contribution in [0.3, 0.4) is 0 Å². The number of fused-ring (bicyclic) bond motifs is 1. The highest BCUT2D eigenvalue weighted by Crippen LogP contribution is 2.42. The molecule has 5 rings (SSSR count). The average molecular weight is 341 g/mol. The van der Waals surface area contributed by atoms with Gasteiger partial charge in [0.05, 0.1) is 30.6 Å². The first-order chi connectivity index (χ1) is 12.2. The van der Waals surface area contributed by atoms with E-state index in [4.69, 9.17) is 10.5 Å². The van der Waals surface area contributed by atoms with Crippen LogP contribution in [0.5, 0.6) is 0 Å². The molecule has 0 radical (unpaired) electrons. The SMILES string of the molecule is NCc1cn2cc(C3CC3)cc(N3CC(=O)N(C4COC4)C3=O)c2n1. The number of imidazole rings is 1. The third kappa shape index (κ3) is 2.25. The van der Waals surface area contributed by atoms with E-state index in [1.165, 1.54) is 15.4 Å². The zero-order chi connectivity index (χ0) is 17.1. The van der Waals surface area contributed by atoms with Gasteiger partial charge in [0, 0.05) is 18.9 Å². The topological polar surface area (TPSA) is 93.2 Å². The Balaban J connectivity index is 1.60. The number of ether oxygens (including phenoxy) is 1. The molecule has 2 aliphatic heterocycles. The predicted octanol–water partition coefficient (Wildman–Crippen LogP) is 0.838. The average Bonchev–Trinajstić information content (AvgIpc) is 3.27. The van der Waals surface area contributed by atoms with Gasteiger partial charge in [0.15, 0.2) is 5.65 Å². The summed E-state index contributed by atoms with van der Waals surface area (Å²) in [5, 5.41) is 0. The van der Waals surface area contributed by atoms with E-state index in [9.17, 15) is 9.59 Å². The number of aromatic nitrogens is 2. The van der Waals surface area contributed by atoms with Crippen LogP contribution in [-0.4, -0.2) is 52.0 Å². The van der Waals surface area contributed by atoms with Crippen molar-refractivity contribution >= 4 is 23.3 Å². The van der Waals surface area contributed by atoms with Gasteiger partial charge in [-0.3, -0.25) is 14.6 Å². The van der Waals surface area contributed by atoms with Crippen LogP contribution < -0.4 is 10.6 Å². The summed E-state index contributed by atoms with van der Waals surface area (Å²) in [5.41, 5.74) is 9.02. The lowest BCUT2D eigenvalue weighted by molar-refractivity contribution is -0.134. The summed E-state index contributed by atoms with van der Waals surface area (Å²) < 4.78 is 7.07. The zero-order valence-electron chi connectivity index (χ0n) is 13.7. The third-order valence-corrected chi connectivity index (χ3v) is 5.14. The number of pyridine rings is 1. The first kappa shape index (κ1) is 14.9. The summed E-state index contributed by atoms with van der Waals surface area (Å²) in [6.45, 7) is 1.22. The standard InChI is InChI=1S/C17H19N5O3/c18-4-12-6-20-5-11(10-1-2-10)3-14(16(20)19-12)21-7-15(23)22(17(21)24)13-8-25-9-13/h3,5-6,10,13H,1-2,4,7-9,18H2. The van der Waals surface area contributed by atoms with Gasteiger partial charge in [-0.05, 0) is 30.4 Å². The monoisotopic (exact) mass is 341 g/mol. The molecule has 3 aliphatic rings. The van der Waals surface area contributed by atoms with Crippen LogP contribution in [-0.2, 0) is 16.1 Å². The summed E-state index contributed by atoms with van der Waals surface area (Å²) in [4.78, 5) is 32.7. The number of nitrogens with zero attached hydrogens (tertiary/aromatic N) is 4. The summed E-state index contributed by atoms with van der Waals surface area (Å²) in [6, 6.07) is 1.57. The molecule has 2 aromatic rings. The Hall–Kier alpha value is -2.45. The maximum Gasteiger partial charge on any atom is 0.332 e. The minimum Gasteiger partial charge on any atom is -0.377 e. The lowest BCUT2D eigenvalue weighted by Crippen LogP contribution is -2.52. The van der Waals surface area contributed by atoms with Crippen molar-refractivity contribution in [3.8, 4) is 0 Å². The van der Waals surface area contributed by atoms with Gasteiger partial charge in [-0.15, -0.1) is 0 Å². The maximum absolute atomic E-state index is 12.9. The van der Waals surface area contributed by atoms with E-state index < -0.39 is 0 Å². The molecule has 3 amide bonds. The van der Waals surface area contributed by atoms with E-state index in [0.29, 0.717) is 37.0 Å². The van der Waals surface area contributed by atoms with Crippen molar-refractivity contribution < 1.29 is 14.3 Å². The number of rotatable bonds is 4. The number of nitrogens with two attached hydrogens (primary N) is 1. The van der Waals surface area contributed by atoms with Gasteiger partial charge in [-0.2, -0.15) is 0 Å². The van der Waals surface area contributed by atoms with Gasteiger partial charge < -0.3 is 14.9 Å². The van der Waals surface area contributed by atoms with Crippen LogP contribution in [0.4, 0.5) is 10.5 Å². The predicted molar refractivity (Wildman–Crippen MR) is 89.3 cm³/mol. The largest absolute Gasteiger partial charge is 0.377 e. The highest BCUT2D eigenvalue weighted by Gasteiger charge is 2.44. The van der Waals surface area contributed by atoms with E-state index in [1.54, 1.807) is 0 Å². The second kappa shape index (κ2) is 5.27. The lowest BCUT2D eigenvalue weighted by atomic mass is 10.1. The minimum atomic E-state index is -0.287. The summed E-state index contributed by atoms with van der Waals surface area (Å²) in [7, 11) is 0. The van der Waals surface area contributed by atoms with Crippen molar-refractivity contribution in [3.05, 3.63) is 29.7 Å². The fourth-order valence-corrected chi connectivity index (χ4v) is 3.53. The number of anilines is 1. The molecule has 8 heteroatoms. The second-order valence-corrected chi connectivity index (χ2v) is 6.92. The van der Waals surface area contributed by atoms with Crippen molar-refractivity contribution in [2.24, 2.45) is 5.73 Å². The number of hydrogen-bond donors (Lipinski definition) is 1. The van der Waals surface area contributed by atoms with Crippen molar-refractivity contribution in [1.82, 2.24) is 14.3 Å². The van der Waals surface area contributed by atoms with Gasteiger partial charge in [0.25, 0.3) is 5.91 Å². The van der Waals surface area contributed by atoms with Crippen molar-refractivity contribution in [2.45, 2.75) is 31.3 Å². The molecular formula is C17H19N5O3. The van der Waals surface area contributed by atoms with Gasteiger partial charge >= 0.3 is 6.03 Å². The molecule has 1 aliphatic carbocycles. The van der Waals surface area contributed by atoms with Crippen LogP contribution in [0, 0.1) is 0 Å². The summed E-state index contributed by atoms with van der Waals surface area (Å²) >= 11 is 0. The number of imide groups is 1. The molecule has 0 aromatic carbocycles. The molecule has 8 nitrogen and oxygen atoms in total. The molecule has 0 spiro atoms. The highest BCUT2D eigenvalue weighted by molar-refractivity contribution is 6.13. The Morgan fingerprint density at radius 2 is 2.04 bits per heavy atom. The fraction of sp³-hybridized carbons (Fsp3) is 0.471. The Labute approximate surface area is 144 Å². The quantitative estimate of drug-likeness (QED) is 0.832. The van der Waals surface area contributed by atoms with Crippen LogP contribution in [0.25, 0.3) is 5.65 Å². The Morgan fingerprint density at radius 1 is 1.24 bits per heavy atom. The van der Waals surface area contributed by atoms with Gasteiger partial charge in [-0.25, -0.2) is 9.78 Å². The lowest BCUT2D eigenvalue weighted by Gasteiger charge is -2.32. The molecule has 1 saturated carbocycles. The molecule has 2 aromatic heterocycles. The number of carbonyl (C=O) groups is 2. The van der Waals surface area contributed by atoms with Crippen LogP contribution in [0.1, 0.15) is 30.0 Å². The number of carbonyl (C=O) groups excluding carboxylic acids is 2. The van der Waals surface area contributed by atoms with Crippen molar-refractivity contribution in [2.75, 3.05) is 24.7 Å². The Morgan fingerprint density at radius 3 is 2.68 bits per heavy atom. The third-order valence-electron chi connectivity index (χ3n) is 5.14. The summed E-state index contributed by atoms with van der Waals surface area (Å²) in [6.07, 6.45) is 6.26. The Bertz CT molecular complexity index is 884. The van der Waals surface area contributed by atoms with Gasteiger partial charge in [0.1, 0.15) is 6.54 Å². The molecular weight excluding hydrogens is 322 g/mol. The summed E-state index contributed by atoms with van der Waals surface area (Å²) in [5.74, 6) is 0.343. The maximum atomic E-state index is 12.9. The fourth-order valence-electron chi connectivity index (χ4n) is 3.53. The van der Waals surface area contributed by atoms with E-state index in [1.807, 2.05) is 16.7 Å². The minimum absolute atomic E-state index is 0.0456. The molecule has 25 heavy (non-hydrogen) atoms. The molecule has 130 valence electrons. The van der Waals surface area contributed by atoms with Crippen LogP contribution in [0.15, 0.2) is 18.5 Å². The zero-order valence-corrected chi connectivity index (χ0v) is 13.7. The first-order valence-corrected chi connectivity index (χ1v) is 8.58. The molecule has 2 saturated heterocycles. The molecule has 0 unspecified atom stereocenters. The van der Waals surface area contributed by atoms with Crippen LogP contribution in [0.2, 0.25) is 0 Å². The van der Waals surface area contributed by atoms with E-state index >= 15 is 0 Å². The molecule has 4 heterocycles. The van der Waals surface area contributed by atoms with Crippen LogP contribution >= 0.6 is 0 Å². The van der Waals surface area contributed by atoms with Gasteiger partial charge in [0.2, 0.25) is 0 Å². The smallest absolute Gasteiger partial charge is 0.332 e. The number of urea groups is 1. The van der Waals surface area contributed by atoms with Gasteiger partial charge in [-0.1, -0.05) is 0 Å². The van der Waals surface area contributed by atoms with E-state index in [2.05, 4.69) is 11.2 Å².